The fraction of sp³-hybridized carbons (Fsp3) is 0.529. The minimum Gasteiger partial charge on any atom is -0.371 e. The van der Waals surface area contributed by atoms with E-state index in [4.69, 9.17) is 10.5 Å². The van der Waals surface area contributed by atoms with E-state index in [-0.39, 0.29) is 18.4 Å². The lowest BCUT2D eigenvalue weighted by atomic mass is 10.1. The zero-order valence-corrected chi connectivity index (χ0v) is 14.0. The second-order valence-corrected chi connectivity index (χ2v) is 6.47. The Morgan fingerprint density at radius 3 is 2.72 bits per heavy atom. The second-order valence-electron chi connectivity index (χ2n) is 6.47. The Hall–Kier alpha value is -2.35. The lowest BCUT2D eigenvalue weighted by Crippen LogP contribution is -2.53. The number of nitrogens with two attached hydrogens (primary N) is 1. The molecule has 2 aliphatic rings. The Bertz CT molecular complexity index is 625. The fourth-order valence-corrected chi connectivity index (χ4v) is 3.24. The van der Waals surface area contributed by atoms with Gasteiger partial charge in [0.2, 0.25) is 5.91 Å². The van der Waals surface area contributed by atoms with E-state index in [0.717, 1.165) is 25.2 Å². The van der Waals surface area contributed by atoms with Crippen LogP contribution in [0.1, 0.15) is 6.42 Å². The van der Waals surface area contributed by atoms with Crippen molar-refractivity contribution in [3.8, 4) is 0 Å². The predicted molar refractivity (Wildman–Crippen MR) is 90.6 cm³/mol. The van der Waals surface area contributed by atoms with Gasteiger partial charge in [-0.25, -0.2) is 9.18 Å². The third-order valence-electron chi connectivity index (χ3n) is 4.69. The number of carbonyl (C=O) groups excluding carboxylic acids is 2. The lowest BCUT2D eigenvalue weighted by molar-refractivity contribution is -0.133. The minimum absolute atomic E-state index is 0.188. The number of benzene rings is 1. The van der Waals surface area contributed by atoms with Gasteiger partial charge < -0.3 is 25.6 Å². The summed E-state index contributed by atoms with van der Waals surface area (Å²) in [6.45, 7) is 3.21. The van der Waals surface area contributed by atoms with Crippen molar-refractivity contribution in [2.75, 3.05) is 44.2 Å². The molecule has 2 fully saturated rings. The number of urea groups is 1. The number of nitrogens with zero attached hydrogens (tertiary/aromatic N) is 2. The molecule has 0 aromatic heterocycles. The van der Waals surface area contributed by atoms with E-state index in [1.54, 1.807) is 17.0 Å². The molecule has 2 heterocycles. The van der Waals surface area contributed by atoms with E-state index in [1.165, 1.54) is 12.1 Å². The van der Waals surface area contributed by atoms with Gasteiger partial charge in [0, 0.05) is 31.9 Å². The molecule has 3 rings (SSSR count). The van der Waals surface area contributed by atoms with Crippen LogP contribution in [-0.2, 0) is 9.53 Å². The molecule has 136 valence electrons. The molecule has 7 nitrogen and oxygen atoms in total. The van der Waals surface area contributed by atoms with Gasteiger partial charge >= 0.3 is 6.03 Å². The van der Waals surface area contributed by atoms with Gasteiger partial charge in [-0.1, -0.05) is 0 Å². The van der Waals surface area contributed by atoms with Crippen molar-refractivity contribution in [1.29, 1.82) is 0 Å². The normalized spacial score (nSPS) is 23.6. The molecule has 0 bridgehead atoms. The summed E-state index contributed by atoms with van der Waals surface area (Å²) in [7, 11) is 0. The van der Waals surface area contributed by atoms with Gasteiger partial charge in [-0.15, -0.1) is 0 Å². The van der Waals surface area contributed by atoms with Gasteiger partial charge in [0.1, 0.15) is 5.82 Å². The third-order valence-corrected chi connectivity index (χ3v) is 4.69. The molecule has 1 aromatic carbocycles. The van der Waals surface area contributed by atoms with Crippen LogP contribution >= 0.6 is 0 Å². The van der Waals surface area contributed by atoms with Crippen molar-refractivity contribution in [3.63, 3.8) is 0 Å². The van der Waals surface area contributed by atoms with Crippen molar-refractivity contribution in [2.45, 2.75) is 12.5 Å². The number of amides is 3. The van der Waals surface area contributed by atoms with Crippen molar-refractivity contribution in [1.82, 2.24) is 10.2 Å². The molecule has 3 amide bonds. The SMILES string of the molecule is NC(=O)C1CN(C(=O)NCC2CCN(c3ccc(F)cc3)C2)CCO1. The van der Waals surface area contributed by atoms with Crippen LogP contribution in [0.5, 0.6) is 0 Å². The van der Waals surface area contributed by atoms with Crippen LogP contribution < -0.4 is 16.0 Å². The van der Waals surface area contributed by atoms with E-state index in [0.29, 0.717) is 25.6 Å². The number of morpholine rings is 1. The molecule has 0 radical (unpaired) electrons. The van der Waals surface area contributed by atoms with Crippen molar-refractivity contribution >= 4 is 17.6 Å². The summed E-state index contributed by atoms with van der Waals surface area (Å²) < 4.78 is 18.2. The van der Waals surface area contributed by atoms with Gasteiger partial charge in [-0.05, 0) is 36.6 Å². The first kappa shape index (κ1) is 17.5. The van der Waals surface area contributed by atoms with Crippen LogP contribution in [0, 0.1) is 11.7 Å². The van der Waals surface area contributed by atoms with E-state index < -0.39 is 12.0 Å². The maximum Gasteiger partial charge on any atom is 0.317 e. The molecular weight excluding hydrogens is 327 g/mol. The van der Waals surface area contributed by atoms with Crippen LogP contribution in [-0.4, -0.2) is 62.3 Å². The van der Waals surface area contributed by atoms with Crippen LogP contribution in [0.4, 0.5) is 14.9 Å². The highest BCUT2D eigenvalue weighted by atomic mass is 19.1. The monoisotopic (exact) mass is 350 g/mol. The number of halogens is 1. The highest BCUT2D eigenvalue weighted by Gasteiger charge is 2.29. The minimum atomic E-state index is -0.736. The number of hydrogen-bond acceptors (Lipinski definition) is 4. The van der Waals surface area contributed by atoms with Crippen LogP contribution in [0.3, 0.4) is 0 Å². The van der Waals surface area contributed by atoms with Gasteiger partial charge in [-0.3, -0.25) is 4.79 Å². The van der Waals surface area contributed by atoms with Crippen molar-refractivity contribution in [2.24, 2.45) is 11.7 Å². The average Bonchev–Trinajstić information content (AvgIpc) is 3.09. The number of ether oxygens (including phenoxy) is 1. The smallest absolute Gasteiger partial charge is 0.317 e. The van der Waals surface area contributed by atoms with Crippen LogP contribution in [0.2, 0.25) is 0 Å². The zero-order valence-electron chi connectivity index (χ0n) is 14.0. The highest BCUT2D eigenvalue weighted by Crippen LogP contribution is 2.23. The molecule has 3 N–H and O–H groups in total. The molecule has 0 saturated carbocycles. The molecule has 1 aromatic rings. The maximum absolute atomic E-state index is 13.0. The van der Waals surface area contributed by atoms with Gasteiger partial charge in [-0.2, -0.15) is 0 Å². The molecule has 25 heavy (non-hydrogen) atoms. The molecule has 2 atom stereocenters. The summed E-state index contributed by atoms with van der Waals surface area (Å²) in [6.07, 6.45) is 0.227. The molecule has 8 heteroatoms. The van der Waals surface area contributed by atoms with Crippen molar-refractivity contribution in [3.05, 3.63) is 30.1 Å². The van der Waals surface area contributed by atoms with E-state index in [1.807, 2.05) is 0 Å². The number of hydrogen-bond donors (Lipinski definition) is 2. The Kier molecular flexibility index (Phi) is 5.37. The first-order chi connectivity index (χ1) is 12.0. The molecular formula is C17H23FN4O3. The lowest BCUT2D eigenvalue weighted by Gasteiger charge is -2.31. The second kappa shape index (κ2) is 7.69. The Balaban J connectivity index is 1.45. The molecule has 2 unspecified atom stereocenters. The van der Waals surface area contributed by atoms with Crippen molar-refractivity contribution < 1.29 is 18.7 Å². The van der Waals surface area contributed by atoms with Gasteiger partial charge in [0.05, 0.1) is 13.2 Å². The van der Waals surface area contributed by atoms with E-state index in [9.17, 15) is 14.0 Å². The Morgan fingerprint density at radius 2 is 2.00 bits per heavy atom. The number of primary amides is 1. The first-order valence-corrected chi connectivity index (χ1v) is 8.47. The van der Waals surface area contributed by atoms with E-state index in [2.05, 4.69) is 10.2 Å². The molecule has 2 saturated heterocycles. The van der Waals surface area contributed by atoms with Gasteiger partial charge in [0.15, 0.2) is 6.10 Å². The van der Waals surface area contributed by atoms with Gasteiger partial charge in [0.25, 0.3) is 0 Å². The summed E-state index contributed by atoms with van der Waals surface area (Å²) in [6, 6.07) is 6.26. The average molecular weight is 350 g/mol. The van der Waals surface area contributed by atoms with Crippen LogP contribution in [0.15, 0.2) is 24.3 Å². The summed E-state index contributed by atoms with van der Waals surface area (Å²) >= 11 is 0. The topological polar surface area (TPSA) is 87.9 Å². The quantitative estimate of drug-likeness (QED) is 0.830. The molecule has 0 aliphatic carbocycles. The van der Waals surface area contributed by atoms with Crippen LogP contribution in [0.25, 0.3) is 0 Å². The summed E-state index contributed by atoms with van der Waals surface area (Å²) in [5.74, 6) is -0.461. The number of nitrogens with one attached hydrogen (secondary N) is 1. The predicted octanol–water partition coefficient (Wildman–Crippen LogP) is 0.548. The number of carbonyl (C=O) groups is 2. The Morgan fingerprint density at radius 1 is 1.24 bits per heavy atom. The summed E-state index contributed by atoms with van der Waals surface area (Å²) in [5.41, 5.74) is 6.22. The first-order valence-electron chi connectivity index (χ1n) is 8.47. The standard InChI is InChI=1S/C17H23FN4O3/c18-13-1-3-14(4-2-13)21-6-5-12(10-21)9-20-17(24)22-7-8-25-15(11-22)16(19)23/h1-4,12,15H,5-11H2,(H2,19,23)(H,20,24). The largest absolute Gasteiger partial charge is 0.371 e. The van der Waals surface area contributed by atoms with E-state index >= 15 is 0 Å². The molecule has 0 spiro atoms. The summed E-state index contributed by atoms with van der Waals surface area (Å²) in [5, 5.41) is 2.93. The maximum atomic E-state index is 13.0. The number of rotatable bonds is 4. The zero-order chi connectivity index (χ0) is 17.8. The molecule has 2 aliphatic heterocycles. The third kappa shape index (κ3) is 4.39. The highest BCUT2D eigenvalue weighted by molar-refractivity contribution is 5.81. The fourth-order valence-electron chi connectivity index (χ4n) is 3.24. The Labute approximate surface area is 145 Å². The number of anilines is 1. The summed E-state index contributed by atoms with van der Waals surface area (Å²) in [4.78, 5) is 27.2.